The van der Waals surface area contributed by atoms with Gasteiger partial charge in [0.15, 0.2) is 0 Å². The average molecular weight is 418 g/mol. The number of pyridine rings is 1. The van der Waals surface area contributed by atoms with Gasteiger partial charge in [0.05, 0.1) is 13.2 Å². The molecule has 1 saturated heterocycles. The Hall–Kier alpha value is -2.19. The molecule has 8 heteroatoms. The minimum atomic E-state index is -3.67. The summed E-state index contributed by atoms with van der Waals surface area (Å²) in [6.45, 7) is 3.40. The highest BCUT2D eigenvalue weighted by Crippen LogP contribution is 2.33. The maximum atomic E-state index is 13.3. The van der Waals surface area contributed by atoms with Crippen LogP contribution in [-0.2, 0) is 14.8 Å². The lowest BCUT2D eigenvalue weighted by atomic mass is 10.1. The van der Waals surface area contributed by atoms with Crippen LogP contribution in [0.1, 0.15) is 5.56 Å². The molecular formula is C20H20ClN3O3S. The van der Waals surface area contributed by atoms with E-state index < -0.39 is 10.0 Å². The zero-order valence-electron chi connectivity index (χ0n) is 15.4. The zero-order chi connectivity index (χ0) is 19.7. The highest BCUT2D eigenvalue weighted by molar-refractivity contribution is 7.89. The molecule has 1 aliphatic rings. The van der Waals surface area contributed by atoms with Crippen molar-refractivity contribution in [2.45, 2.75) is 11.8 Å². The Morgan fingerprint density at radius 3 is 2.64 bits per heavy atom. The van der Waals surface area contributed by atoms with Crippen LogP contribution in [0.4, 0.5) is 11.5 Å². The van der Waals surface area contributed by atoms with Gasteiger partial charge >= 0.3 is 0 Å². The Kier molecular flexibility index (Phi) is 5.25. The molecule has 1 aliphatic heterocycles. The minimum Gasteiger partial charge on any atom is -0.379 e. The van der Waals surface area contributed by atoms with Gasteiger partial charge in [-0.15, -0.1) is 0 Å². The van der Waals surface area contributed by atoms with Crippen molar-refractivity contribution in [3.8, 4) is 0 Å². The number of nitrogens with one attached hydrogen (secondary N) is 1. The second-order valence-corrected chi connectivity index (χ2v) is 8.96. The number of sulfonamides is 1. The quantitative estimate of drug-likeness (QED) is 0.695. The maximum absolute atomic E-state index is 13.3. The molecule has 1 fully saturated rings. The first kappa shape index (κ1) is 19.1. The highest BCUT2D eigenvalue weighted by Gasteiger charge is 2.29. The fraction of sp³-hybridized carbons (Fsp3) is 0.250. The fourth-order valence-corrected chi connectivity index (χ4v) is 5.19. The van der Waals surface area contributed by atoms with E-state index in [1.807, 2.05) is 37.3 Å². The molecule has 146 valence electrons. The van der Waals surface area contributed by atoms with Crippen molar-refractivity contribution in [3.63, 3.8) is 0 Å². The molecular weight excluding hydrogens is 398 g/mol. The van der Waals surface area contributed by atoms with Crippen LogP contribution in [0, 0.1) is 6.92 Å². The first-order chi connectivity index (χ1) is 13.5. The van der Waals surface area contributed by atoms with Crippen molar-refractivity contribution in [1.82, 2.24) is 9.29 Å². The van der Waals surface area contributed by atoms with E-state index in [1.165, 1.54) is 10.5 Å². The Bertz CT molecular complexity index is 1130. The standard InChI is InChI=1S/C20H20ClN3O3S/c1-14-4-2-7-17-19(14)18(28(25,26)24-8-10-27-11-9-24)13-22-20(17)23-16-6-3-5-15(21)12-16/h2-7,12-13H,8-11H2,1H3,(H,22,23). The molecule has 0 bridgehead atoms. The molecule has 28 heavy (non-hydrogen) atoms. The Balaban J connectivity index is 1.84. The van der Waals surface area contributed by atoms with Crippen molar-refractivity contribution < 1.29 is 13.2 Å². The number of hydrogen-bond donors (Lipinski definition) is 1. The monoisotopic (exact) mass is 417 g/mol. The molecule has 0 atom stereocenters. The van der Waals surface area contributed by atoms with Gasteiger partial charge < -0.3 is 10.1 Å². The molecule has 0 radical (unpaired) electrons. The number of benzene rings is 2. The molecule has 0 aliphatic carbocycles. The number of nitrogens with zero attached hydrogens (tertiary/aromatic N) is 2. The fourth-order valence-electron chi connectivity index (χ4n) is 3.37. The number of anilines is 2. The smallest absolute Gasteiger partial charge is 0.245 e. The van der Waals surface area contributed by atoms with Crippen LogP contribution in [0.2, 0.25) is 5.02 Å². The summed E-state index contributed by atoms with van der Waals surface area (Å²) >= 11 is 6.07. The summed E-state index contributed by atoms with van der Waals surface area (Å²) < 4.78 is 33.3. The Labute approximate surface area is 169 Å². The summed E-state index contributed by atoms with van der Waals surface area (Å²) in [5.41, 5.74) is 1.66. The summed E-state index contributed by atoms with van der Waals surface area (Å²) in [6.07, 6.45) is 1.44. The highest BCUT2D eigenvalue weighted by atomic mass is 35.5. The van der Waals surface area contributed by atoms with Crippen molar-refractivity contribution in [1.29, 1.82) is 0 Å². The van der Waals surface area contributed by atoms with Crippen LogP contribution in [0.3, 0.4) is 0 Å². The molecule has 0 unspecified atom stereocenters. The lowest BCUT2D eigenvalue weighted by Crippen LogP contribution is -2.40. The third kappa shape index (κ3) is 3.58. The van der Waals surface area contributed by atoms with E-state index in [0.29, 0.717) is 42.5 Å². The topological polar surface area (TPSA) is 71.5 Å². The average Bonchev–Trinajstić information content (AvgIpc) is 2.69. The van der Waals surface area contributed by atoms with Gasteiger partial charge in [0.1, 0.15) is 10.7 Å². The first-order valence-corrected chi connectivity index (χ1v) is 10.8. The van der Waals surface area contributed by atoms with Gasteiger partial charge in [-0.2, -0.15) is 4.31 Å². The molecule has 1 aromatic heterocycles. The van der Waals surface area contributed by atoms with E-state index >= 15 is 0 Å². The number of morpholine rings is 1. The van der Waals surface area contributed by atoms with E-state index in [9.17, 15) is 8.42 Å². The van der Waals surface area contributed by atoms with Gasteiger partial charge in [-0.25, -0.2) is 13.4 Å². The molecule has 3 aromatic rings. The van der Waals surface area contributed by atoms with Gasteiger partial charge in [-0.1, -0.05) is 35.9 Å². The number of aryl methyl sites for hydroxylation is 1. The molecule has 0 spiro atoms. The summed E-state index contributed by atoms with van der Waals surface area (Å²) in [7, 11) is -3.67. The first-order valence-electron chi connectivity index (χ1n) is 8.95. The van der Waals surface area contributed by atoms with Crippen molar-refractivity contribution in [3.05, 3.63) is 59.2 Å². The molecule has 4 rings (SSSR count). The minimum absolute atomic E-state index is 0.221. The lowest BCUT2D eigenvalue weighted by molar-refractivity contribution is 0.0730. The second kappa shape index (κ2) is 7.67. The van der Waals surface area contributed by atoms with Crippen LogP contribution in [0.25, 0.3) is 10.8 Å². The van der Waals surface area contributed by atoms with Crippen molar-refractivity contribution in [2.24, 2.45) is 0 Å². The van der Waals surface area contributed by atoms with Crippen LogP contribution < -0.4 is 5.32 Å². The number of halogens is 1. The Morgan fingerprint density at radius 2 is 1.89 bits per heavy atom. The maximum Gasteiger partial charge on any atom is 0.245 e. The predicted octanol–water partition coefficient (Wildman–Crippen LogP) is 3.96. The SMILES string of the molecule is Cc1cccc2c(Nc3cccc(Cl)c3)ncc(S(=O)(=O)N3CCOCC3)c12. The van der Waals surface area contributed by atoms with Crippen molar-refractivity contribution in [2.75, 3.05) is 31.6 Å². The summed E-state index contributed by atoms with van der Waals surface area (Å²) in [5, 5.41) is 5.28. The molecule has 0 saturated carbocycles. The van der Waals surface area contributed by atoms with Crippen LogP contribution in [0.15, 0.2) is 53.6 Å². The third-order valence-corrected chi connectivity index (χ3v) is 6.91. The van der Waals surface area contributed by atoms with Gasteiger partial charge in [0, 0.05) is 40.8 Å². The summed E-state index contributed by atoms with van der Waals surface area (Å²) in [6, 6.07) is 13.0. The number of rotatable bonds is 4. The van der Waals surface area contributed by atoms with Crippen LogP contribution >= 0.6 is 11.6 Å². The summed E-state index contributed by atoms with van der Waals surface area (Å²) in [4.78, 5) is 4.66. The van der Waals surface area contributed by atoms with E-state index in [1.54, 1.807) is 12.1 Å². The van der Waals surface area contributed by atoms with E-state index in [-0.39, 0.29) is 4.90 Å². The summed E-state index contributed by atoms with van der Waals surface area (Å²) in [5.74, 6) is 0.585. The Morgan fingerprint density at radius 1 is 1.14 bits per heavy atom. The van der Waals surface area contributed by atoms with Gasteiger partial charge in [-0.05, 0) is 30.7 Å². The number of fused-ring (bicyclic) bond motifs is 1. The number of hydrogen-bond acceptors (Lipinski definition) is 5. The van der Waals surface area contributed by atoms with Crippen molar-refractivity contribution >= 4 is 43.9 Å². The van der Waals surface area contributed by atoms with E-state index in [0.717, 1.165) is 16.6 Å². The molecule has 6 nitrogen and oxygen atoms in total. The van der Waals surface area contributed by atoms with E-state index in [2.05, 4.69) is 10.3 Å². The van der Waals surface area contributed by atoms with Gasteiger partial charge in [-0.3, -0.25) is 0 Å². The van der Waals surface area contributed by atoms with Gasteiger partial charge in [0.25, 0.3) is 0 Å². The molecule has 2 aromatic carbocycles. The normalized spacial score (nSPS) is 15.6. The number of aromatic nitrogens is 1. The lowest BCUT2D eigenvalue weighted by Gasteiger charge is -2.27. The largest absolute Gasteiger partial charge is 0.379 e. The van der Waals surface area contributed by atoms with Gasteiger partial charge in [0.2, 0.25) is 10.0 Å². The predicted molar refractivity (Wildman–Crippen MR) is 111 cm³/mol. The molecule has 1 N–H and O–H groups in total. The molecule has 0 amide bonds. The zero-order valence-corrected chi connectivity index (χ0v) is 16.9. The molecule has 2 heterocycles. The van der Waals surface area contributed by atoms with Crippen LogP contribution in [-0.4, -0.2) is 44.0 Å². The van der Waals surface area contributed by atoms with E-state index in [4.69, 9.17) is 16.3 Å². The second-order valence-electron chi connectivity index (χ2n) is 6.62. The third-order valence-electron chi connectivity index (χ3n) is 4.76. The van der Waals surface area contributed by atoms with Crippen LogP contribution in [0.5, 0.6) is 0 Å². The number of ether oxygens (including phenoxy) is 1.